The zero-order valence-electron chi connectivity index (χ0n) is 16.6. The predicted octanol–water partition coefficient (Wildman–Crippen LogP) is 5.75. The summed E-state index contributed by atoms with van der Waals surface area (Å²) in [6.07, 6.45) is 16.4. The van der Waals surface area contributed by atoms with Crippen LogP contribution >= 0.6 is 0 Å². The van der Waals surface area contributed by atoms with Crippen molar-refractivity contribution in [2.45, 2.75) is 102 Å². The third-order valence-corrected chi connectivity index (χ3v) is 7.74. The number of rotatable bonds is 2. The molecular weight excluding hydrogens is 301 g/mol. The second kappa shape index (κ2) is 6.60. The average molecular weight is 337 g/mol. The molecule has 4 rings (SSSR count). The molecule has 2 heteroatoms. The van der Waals surface area contributed by atoms with Crippen LogP contribution in [0.25, 0.3) is 0 Å². The Morgan fingerprint density at radius 3 is 1.84 bits per heavy atom. The van der Waals surface area contributed by atoms with Gasteiger partial charge in [0.05, 0.1) is 0 Å². The highest BCUT2D eigenvalue weighted by molar-refractivity contribution is 6.90. The lowest BCUT2D eigenvalue weighted by molar-refractivity contribution is -0.479. The van der Waals surface area contributed by atoms with Gasteiger partial charge in [-0.1, -0.05) is 100 Å². The second-order valence-electron chi connectivity index (χ2n) is 10.1. The molecule has 2 fully saturated rings. The van der Waals surface area contributed by atoms with E-state index < -0.39 is 6.28 Å². The van der Waals surface area contributed by atoms with Crippen molar-refractivity contribution < 1.29 is 4.49 Å². The molecule has 0 radical (unpaired) electrons. The summed E-state index contributed by atoms with van der Waals surface area (Å²) in [7, 11) is 0. The normalized spacial score (nSPS) is 24.8. The zero-order chi connectivity index (χ0) is 17.5. The first-order valence-corrected chi connectivity index (χ1v) is 10.9. The van der Waals surface area contributed by atoms with Crippen molar-refractivity contribution >= 4 is 18.0 Å². The third-order valence-electron chi connectivity index (χ3n) is 7.74. The van der Waals surface area contributed by atoms with Crippen LogP contribution < -0.4 is 5.46 Å². The molecule has 0 spiro atoms. The minimum absolute atomic E-state index is 0.202. The minimum Gasteiger partial charge on any atom is -0.448 e. The lowest BCUT2D eigenvalue weighted by atomic mass is 9.16. The van der Waals surface area contributed by atoms with Gasteiger partial charge in [-0.3, -0.25) is 0 Å². The van der Waals surface area contributed by atoms with Crippen LogP contribution in [-0.4, -0.2) is 22.5 Å². The fourth-order valence-electron chi connectivity index (χ4n) is 6.94. The lowest BCUT2D eigenvalue weighted by Crippen LogP contribution is -2.66. The van der Waals surface area contributed by atoms with Crippen molar-refractivity contribution in [3.8, 4) is 0 Å². The monoisotopic (exact) mass is 337 g/mol. The first kappa shape index (κ1) is 17.4. The average Bonchev–Trinajstić information content (AvgIpc) is 3.00. The van der Waals surface area contributed by atoms with E-state index in [1.807, 2.05) is 0 Å². The quantitative estimate of drug-likeness (QED) is 0.604. The van der Waals surface area contributed by atoms with Gasteiger partial charge in [0, 0.05) is 5.56 Å². The van der Waals surface area contributed by atoms with Crippen molar-refractivity contribution in [3.05, 3.63) is 29.8 Å². The van der Waals surface area contributed by atoms with Crippen LogP contribution in [0, 0.1) is 0 Å². The molecule has 2 saturated carbocycles. The van der Waals surface area contributed by atoms with Crippen molar-refractivity contribution in [2.75, 3.05) is 0 Å². The first-order valence-electron chi connectivity index (χ1n) is 10.9. The van der Waals surface area contributed by atoms with Gasteiger partial charge in [-0.15, -0.1) is 5.46 Å². The molecular formula is C23H36BN. The van der Waals surface area contributed by atoms with E-state index in [9.17, 15) is 0 Å². The molecule has 0 amide bonds. The summed E-state index contributed by atoms with van der Waals surface area (Å²) in [6, 6.07) is 9.43. The fourth-order valence-corrected chi connectivity index (χ4v) is 6.94. The third kappa shape index (κ3) is 2.80. The number of hydrogen-bond acceptors (Lipinski definition) is 0. The molecule has 0 unspecified atom stereocenters. The second-order valence-corrected chi connectivity index (χ2v) is 10.1. The minimum atomic E-state index is -0.647. The van der Waals surface area contributed by atoms with Crippen LogP contribution in [0.2, 0.25) is 11.6 Å². The Hall–Kier alpha value is -1.05. The van der Waals surface area contributed by atoms with E-state index in [1.54, 1.807) is 5.46 Å². The van der Waals surface area contributed by atoms with Gasteiger partial charge in [0.1, 0.15) is 11.8 Å². The van der Waals surface area contributed by atoms with E-state index in [-0.39, 0.29) is 5.54 Å². The fraction of sp³-hybridized carbons (Fsp3) is 0.696. The highest BCUT2D eigenvalue weighted by Gasteiger charge is 2.57. The van der Waals surface area contributed by atoms with E-state index >= 15 is 0 Å². The van der Waals surface area contributed by atoms with E-state index in [2.05, 4.69) is 55.7 Å². The Labute approximate surface area is 154 Å². The molecule has 1 heterocycles. The highest BCUT2D eigenvalue weighted by atomic mass is 15.1. The summed E-state index contributed by atoms with van der Waals surface area (Å²) in [5, 5.41) is 0. The number of nitrogens with zero attached hydrogens (tertiary/aromatic N) is 1. The standard InChI is InChI=1S/C23H36BN/c1-23(2,3)25-18-19-12-10-11-17-22(19)24(25,20-13-6-4-7-14-20)21-15-8-5-9-16-21/h10-12,17-18,20-21H,4-9,13-16H2,1-3H3. The Morgan fingerprint density at radius 1 is 0.800 bits per heavy atom. The molecule has 0 N–H and O–H groups in total. The Balaban J connectivity index is 1.91. The maximum absolute atomic E-state index is 2.89. The molecule has 0 saturated heterocycles. The Kier molecular flexibility index (Phi) is 4.58. The predicted molar refractivity (Wildman–Crippen MR) is 111 cm³/mol. The smallest absolute Gasteiger partial charge is 0.307 e. The lowest BCUT2D eigenvalue weighted by Gasteiger charge is -2.52. The van der Waals surface area contributed by atoms with Crippen LogP contribution in [0.3, 0.4) is 0 Å². The summed E-state index contributed by atoms with van der Waals surface area (Å²) < 4.78 is 2.89. The van der Waals surface area contributed by atoms with Crippen LogP contribution in [0.4, 0.5) is 0 Å². The highest BCUT2D eigenvalue weighted by Crippen LogP contribution is 2.51. The molecule has 1 aliphatic heterocycles. The molecule has 136 valence electrons. The molecule has 1 aromatic rings. The van der Waals surface area contributed by atoms with Gasteiger partial charge in [0.25, 0.3) is 0 Å². The number of fused-ring (bicyclic) bond motifs is 1. The van der Waals surface area contributed by atoms with Gasteiger partial charge in [-0.25, -0.2) is 0 Å². The maximum atomic E-state index is 2.89. The number of benzene rings is 1. The molecule has 3 aliphatic rings. The number of hydrogen-bond donors (Lipinski definition) is 0. The Morgan fingerprint density at radius 2 is 1.32 bits per heavy atom. The van der Waals surface area contributed by atoms with Gasteiger partial charge in [0.2, 0.25) is 0 Å². The summed E-state index contributed by atoms with van der Waals surface area (Å²) in [6.45, 7) is 7.33. The van der Waals surface area contributed by atoms with E-state index in [0.717, 1.165) is 11.6 Å². The molecule has 2 aliphatic carbocycles. The maximum Gasteiger partial charge on any atom is 0.307 e. The van der Waals surface area contributed by atoms with Gasteiger partial charge in [-0.05, 0) is 20.8 Å². The van der Waals surface area contributed by atoms with Gasteiger partial charge >= 0.3 is 6.28 Å². The van der Waals surface area contributed by atoms with Crippen molar-refractivity contribution in [2.24, 2.45) is 0 Å². The molecule has 1 aromatic carbocycles. The van der Waals surface area contributed by atoms with Gasteiger partial charge < -0.3 is 4.49 Å². The van der Waals surface area contributed by atoms with Crippen LogP contribution in [0.1, 0.15) is 90.5 Å². The van der Waals surface area contributed by atoms with Crippen LogP contribution in [-0.2, 0) is 0 Å². The van der Waals surface area contributed by atoms with Gasteiger partial charge in [0.15, 0.2) is 0 Å². The molecule has 0 aromatic heterocycles. The first-order chi connectivity index (χ1) is 12.0. The summed E-state index contributed by atoms with van der Waals surface area (Å²) in [4.78, 5) is 0. The van der Waals surface area contributed by atoms with Crippen molar-refractivity contribution in [1.29, 1.82) is 0 Å². The molecule has 0 atom stereocenters. The molecule has 25 heavy (non-hydrogen) atoms. The SMILES string of the molecule is CC(C)(C)[N+]1=Cc2ccccc2[B-]1(C1CCCCC1)C1CCCCC1. The van der Waals surface area contributed by atoms with Crippen molar-refractivity contribution in [3.63, 3.8) is 0 Å². The summed E-state index contributed by atoms with van der Waals surface area (Å²) >= 11 is 0. The summed E-state index contributed by atoms with van der Waals surface area (Å²) in [5.41, 5.74) is 3.44. The molecule has 0 bridgehead atoms. The Bertz CT molecular complexity index is 624. The topological polar surface area (TPSA) is 3.01 Å². The summed E-state index contributed by atoms with van der Waals surface area (Å²) in [5.74, 6) is 1.77. The van der Waals surface area contributed by atoms with Gasteiger partial charge in [-0.2, -0.15) is 0 Å². The van der Waals surface area contributed by atoms with E-state index in [1.165, 1.54) is 69.8 Å². The van der Waals surface area contributed by atoms with E-state index in [0.29, 0.717) is 0 Å². The van der Waals surface area contributed by atoms with E-state index in [4.69, 9.17) is 0 Å². The van der Waals surface area contributed by atoms with Crippen LogP contribution in [0.5, 0.6) is 0 Å². The van der Waals surface area contributed by atoms with Crippen LogP contribution in [0.15, 0.2) is 24.3 Å². The molecule has 1 nitrogen and oxygen atoms in total. The largest absolute Gasteiger partial charge is 0.448 e. The van der Waals surface area contributed by atoms with Crippen molar-refractivity contribution in [1.82, 2.24) is 0 Å². The zero-order valence-corrected chi connectivity index (χ0v) is 16.6.